The summed E-state index contributed by atoms with van der Waals surface area (Å²) in [5, 5.41) is 2.44. The highest BCUT2D eigenvalue weighted by atomic mass is 15.2. The maximum Gasteiger partial charge on any atom is 0.0755 e. The molecule has 0 saturated carbocycles. The van der Waals surface area contributed by atoms with E-state index in [1.54, 1.807) is 0 Å². The maximum absolute atomic E-state index is 2.53. The van der Waals surface area contributed by atoms with Crippen LogP contribution in [0.25, 0.3) is 49.7 Å². The van der Waals surface area contributed by atoms with E-state index in [9.17, 15) is 0 Å². The Hall–Kier alpha value is -9.96. The summed E-state index contributed by atoms with van der Waals surface area (Å²) in [7, 11) is 0. The van der Waals surface area contributed by atoms with Crippen molar-refractivity contribution >= 4 is 55.9 Å². The van der Waals surface area contributed by atoms with Crippen LogP contribution in [-0.2, 0) is 10.8 Å². The summed E-state index contributed by atoms with van der Waals surface area (Å²) in [6.07, 6.45) is 0. The van der Waals surface area contributed by atoms with Crippen molar-refractivity contribution in [3.05, 3.63) is 342 Å². The largest absolute Gasteiger partial charge is 0.310 e. The van der Waals surface area contributed by atoms with Gasteiger partial charge in [0, 0.05) is 44.8 Å². The molecule has 0 N–H and O–H groups in total. The van der Waals surface area contributed by atoms with Gasteiger partial charge in [-0.25, -0.2) is 0 Å². The molecule has 3 nitrogen and oxygen atoms in total. The number of fused-ring (bicyclic) bond motifs is 11. The molecule has 16 rings (SSSR count). The lowest BCUT2D eigenvalue weighted by Crippen LogP contribution is -2.36. The molecule has 1 aromatic heterocycles. The molecule has 0 spiro atoms. The minimum absolute atomic E-state index is 0.580. The van der Waals surface area contributed by atoms with E-state index in [1.165, 1.54) is 94.4 Å². The normalized spacial score (nSPS) is 15.1. The summed E-state index contributed by atoms with van der Waals surface area (Å²) in [6.45, 7) is 0. The first-order valence-electron chi connectivity index (χ1n) is 26.8. The zero-order valence-electron chi connectivity index (χ0n) is 42.1. The van der Waals surface area contributed by atoms with Gasteiger partial charge in [-0.1, -0.05) is 218 Å². The highest BCUT2D eigenvalue weighted by Gasteiger charge is 2.53. The Kier molecular flexibility index (Phi) is 9.47. The van der Waals surface area contributed by atoms with Crippen molar-refractivity contribution in [1.82, 2.24) is 4.57 Å². The van der Waals surface area contributed by atoms with Gasteiger partial charge >= 0.3 is 0 Å². The van der Waals surface area contributed by atoms with Crippen molar-refractivity contribution in [1.29, 1.82) is 0 Å². The monoisotopic (exact) mass is 979 g/mol. The number of hydrogen-bond donors (Lipinski definition) is 0. The van der Waals surface area contributed by atoms with Gasteiger partial charge in [0.25, 0.3) is 0 Å². The van der Waals surface area contributed by atoms with E-state index in [1.807, 2.05) is 0 Å². The number of anilines is 6. The number of nitrogens with zero attached hydrogens (tertiary/aromatic N) is 3. The van der Waals surface area contributed by atoms with E-state index in [0.29, 0.717) is 0 Å². The molecule has 3 heteroatoms. The summed E-state index contributed by atoms with van der Waals surface area (Å²) in [5.74, 6) is 0. The molecule has 13 aromatic rings. The second-order valence-corrected chi connectivity index (χ2v) is 20.7. The lowest BCUT2D eigenvalue weighted by molar-refractivity contribution is 0.753. The highest BCUT2D eigenvalue weighted by Crippen LogP contribution is 2.66. The summed E-state index contributed by atoms with van der Waals surface area (Å²) < 4.78 is 2.43. The quantitative estimate of drug-likeness (QED) is 0.150. The molecule has 0 fully saturated rings. The second-order valence-electron chi connectivity index (χ2n) is 20.7. The lowest BCUT2D eigenvalue weighted by Gasteiger charge is -2.44. The number of hydrogen-bond acceptors (Lipinski definition) is 2. The highest BCUT2D eigenvalue weighted by molar-refractivity contribution is 6.11. The van der Waals surface area contributed by atoms with Gasteiger partial charge in [0.05, 0.1) is 33.2 Å². The van der Waals surface area contributed by atoms with Gasteiger partial charge in [-0.3, -0.25) is 0 Å². The van der Waals surface area contributed by atoms with Crippen LogP contribution in [0.5, 0.6) is 0 Å². The molecule has 12 aromatic carbocycles. The van der Waals surface area contributed by atoms with E-state index in [4.69, 9.17) is 0 Å². The summed E-state index contributed by atoms with van der Waals surface area (Å²) in [6, 6.07) is 111. The van der Waals surface area contributed by atoms with Crippen LogP contribution in [0.3, 0.4) is 0 Å². The van der Waals surface area contributed by atoms with E-state index >= 15 is 0 Å². The molecule has 1 unspecified atom stereocenters. The number of benzene rings is 12. The van der Waals surface area contributed by atoms with Gasteiger partial charge in [-0.05, 0) is 140 Å². The first kappa shape index (κ1) is 43.4. The summed E-state index contributed by atoms with van der Waals surface area (Å²) >= 11 is 0. The third kappa shape index (κ3) is 6.02. The molecule has 2 heterocycles. The molecule has 0 saturated heterocycles. The van der Waals surface area contributed by atoms with Gasteiger partial charge in [0.15, 0.2) is 0 Å². The fourth-order valence-corrected chi connectivity index (χ4v) is 14.1. The molecule has 0 radical (unpaired) electrons. The zero-order valence-corrected chi connectivity index (χ0v) is 42.1. The maximum atomic E-state index is 2.53. The van der Waals surface area contributed by atoms with Crippen LogP contribution in [-0.4, -0.2) is 4.57 Å². The smallest absolute Gasteiger partial charge is 0.0755 e. The number of aromatic nitrogens is 1. The Balaban J connectivity index is 0.997. The van der Waals surface area contributed by atoms with Crippen LogP contribution in [0.2, 0.25) is 0 Å². The predicted octanol–water partition coefficient (Wildman–Crippen LogP) is 18.8. The third-order valence-electron chi connectivity index (χ3n) is 17.0. The van der Waals surface area contributed by atoms with Gasteiger partial charge in [-0.2, -0.15) is 0 Å². The van der Waals surface area contributed by atoms with E-state index in [0.717, 1.165) is 34.0 Å². The third-order valence-corrected chi connectivity index (χ3v) is 17.0. The predicted molar refractivity (Wildman–Crippen MR) is 318 cm³/mol. The van der Waals surface area contributed by atoms with Crippen molar-refractivity contribution in [2.45, 2.75) is 10.8 Å². The fraction of sp³-hybridized carbons (Fsp3) is 0.0270. The molecule has 3 aliphatic rings. The van der Waals surface area contributed by atoms with Gasteiger partial charge in [0.2, 0.25) is 0 Å². The zero-order chi connectivity index (χ0) is 50.7. The van der Waals surface area contributed by atoms with Crippen molar-refractivity contribution < 1.29 is 0 Å². The molecule has 77 heavy (non-hydrogen) atoms. The first-order chi connectivity index (χ1) is 38.2. The molecule has 2 aliphatic carbocycles. The molecule has 0 amide bonds. The van der Waals surface area contributed by atoms with Crippen molar-refractivity contribution in [3.63, 3.8) is 0 Å². The van der Waals surface area contributed by atoms with Crippen molar-refractivity contribution in [2.24, 2.45) is 0 Å². The average molecular weight is 980 g/mol. The van der Waals surface area contributed by atoms with Gasteiger partial charge in [-0.15, -0.1) is 0 Å². The van der Waals surface area contributed by atoms with Crippen molar-refractivity contribution in [2.75, 3.05) is 9.80 Å². The molecule has 360 valence electrons. The van der Waals surface area contributed by atoms with Gasteiger partial charge in [0.1, 0.15) is 0 Å². The van der Waals surface area contributed by atoms with Crippen LogP contribution in [0.4, 0.5) is 34.1 Å². The summed E-state index contributed by atoms with van der Waals surface area (Å²) in [5.41, 5.74) is 24.1. The Morgan fingerprint density at radius 2 is 0.727 bits per heavy atom. The second kappa shape index (κ2) is 16.8. The number of rotatable bonds is 8. The molecule has 1 atom stereocenters. The Labute approximate surface area is 448 Å². The standard InChI is InChI=1S/C74H49N3/c1-6-23-50(24-7-1)73(51-25-8-2-9-26-51)64-36-18-16-33-58(64)59-44-41-55(47-66(59)73)75(57-43-46-62-61-34-17-20-38-68(61)76(71(62)49-57)53-29-12-4-13-30-53)56-42-45-60-63-35-22-40-70-72(63)74(67(60)48-56,52-27-10-3-11-28-52)65-37-19-21-39-69(65)77(70)54-31-14-5-15-32-54/h1-49H. The molecular formula is C74H49N3. The Bertz CT molecular complexity index is 4410. The van der Waals surface area contributed by atoms with Crippen LogP contribution in [0.15, 0.2) is 297 Å². The molecular weight excluding hydrogens is 931 g/mol. The first-order valence-corrected chi connectivity index (χ1v) is 26.8. The van der Waals surface area contributed by atoms with E-state index in [-0.39, 0.29) is 0 Å². The Morgan fingerprint density at radius 3 is 1.40 bits per heavy atom. The van der Waals surface area contributed by atoms with E-state index < -0.39 is 10.8 Å². The molecule has 0 bridgehead atoms. The van der Waals surface area contributed by atoms with Crippen LogP contribution in [0.1, 0.15) is 44.5 Å². The van der Waals surface area contributed by atoms with Crippen LogP contribution >= 0.6 is 0 Å². The van der Waals surface area contributed by atoms with Gasteiger partial charge < -0.3 is 14.4 Å². The summed E-state index contributed by atoms with van der Waals surface area (Å²) in [4.78, 5) is 5.01. The minimum Gasteiger partial charge on any atom is -0.310 e. The molecule has 1 aliphatic heterocycles. The topological polar surface area (TPSA) is 11.4 Å². The van der Waals surface area contributed by atoms with Crippen LogP contribution < -0.4 is 9.80 Å². The number of para-hydroxylation sites is 4. The Morgan fingerprint density at radius 1 is 0.273 bits per heavy atom. The van der Waals surface area contributed by atoms with Crippen molar-refractivity contribution in [3.8, 4) is 27.9 Å². The van der Waals surface area contributed by atoms with Crippen LogP contribution in [0, 0.1) is 0 Å². The minimum atomic E-state index is -0.634. The fourth-order valence-electron chi connectivity index (χ4n) is 14.1. The van der Waals surface area contributed by atoms with E-state index in [2.05, 4.69) is 312 Å². The average Bonchev–Trinajstić information content (AvgIpc) is 4.06. The lowest BCUT2D eigenvalue weighted by atomic mass is 9.65. The SMILES string of the molecule is c1ccc(N2c3ccccc3C3(c4ccccc4)c4cc(N(c5ccc6c(c5)C(c5ccccc5)(c5ccccc5)c5ccccc5-6)c5ccc6c7ccccc7n(-c7ccccc7)c6c5)ccc4-c4cccc2c43)cc1.